The Kier molecular flexibility index (Phi) is 5.00. The number of nitrogens with one attached hydrogen (secondary N) is 1. The molecule has 1 amide bonds. The largest absolute Gasteiger partial charge is 0.481 e. The van der Waals surface area contributed by atoms with Crippen LogP contribution < -0.4 is 10.1 Å². The molecule has 94 valence electrons. The topological polar surface area (TPSA) is 38.3 Å². The van der Waals surface area contributed by atoms with E-state index in [4.69, 9.17) is 4.74 Å². The summed E-state index contributed by atoms with van der Waals surface area (Å²) in [6, 6.07) is 5.83. The Balaban J connectivity index is 2.94. The van der Waals surface area contributed by atoms with Crippen LogP contribution in [0.2, 0.25) is 0 Å². The van der Waals surface area contributed by atoms with Gasteiger partial charge in [0.25, 0.3) is 5.91 Å². The van der Waals surface area contributed by atoms with E-state index >= 15 is 0 Å². The minimum atomic E-state index is -0.487. The highest BCUT2D eigenvalue weighted by Crippen LogP contribution is 2.30. The van der Waals surface area contributed by atoms with Gasteiger partial charge in [0, 0.05) is 11.5 Å². The average Bonchev–Trinajstić information content (AvgIpc) is 2.29. The van der Waals surface area contributed by atoms with Crippen LogP contribution >= 0.6 is 15.9 Å². The molecule has 3 nitrogen and oxygen atoms in total. The van der Waals surface area contributed by atoms with E-state index in [0.717, 1.165) is 15.8 Å². The first-order valence-electron chi connectivity index (χ1n) is 5.63. The number of benzene rings is 1. The van der Waals surface area contributed by atoms with E-state index in [1.54, 1.807) is 14.0 Å². The van der Waals surface area contributed by atoms with Crippen molar-refractivity contribution in [2.75, 3.05) is 7.05 Å². The molecule has 0 aliphatic carbocycles. The molecule has 1 rings (SSSR count). The Morgan fingerprint density at radius 2 is 2.00 bits per heavy atom. The molecule has 4 heteroatoms. The van der Waals surface area contributed by atoms with Crippen molar-refractivity contribution in [3.63, 3.8) is 0 Å². The van der Waals surface area contributed by atoms with Gasteiger partial charge < -0.3 is 10.1 Å². The lowest BCUT2D eigenvalue weighted by Gasteiger charge is -2.18. The van der Waals surface area contributed by atoms with Crippen molar-refractivity contribution in [2.45, 2.75) is 32.8 Å². The van der Waals surface area contributed by atoms with Crippen LogP contribution in [0.15, 0.2) is 22.7 Å². The van der Waals surface area contributed by atoms with Gasteiger partial charge in [0.1, 0.15) is 5.75 Å². The van der Waals surface area contributed by atoms with Gasteiger partial charge in [-0.15, -0.1) is 0 Å². The molecular weight excluding hydrogens is 282 g/mol. The summed E-state index contributed by atoms with van der Waals surface area (Å²) >= 11 is 3.44. The summed E-state index contributed by atoms with van der Waals surface area (Å²) in [4.78, 5) is 11.4. The Hall–Kier alpha value is -1.03. The van der Waals surface area contributed by atoms with Gasteiger partial charge in [-0.2, -0.15) is 0 Å². The lowest BCUT2D eigenvalue weighted by atomic mass is 10.0. The van der Waals surface area contributed by atoms with Gasteiger partial charge in [-0.3, -0.25) is 4.79 Å². The van der Waals surface area contributed by atoms with Gasteiger partial charge in [-0.25, -0.2) is 0 Å². The smallest absolute Gasteiger partial charge is 0.260 e. The maximum atomic E-state index is 11.4. The van der Waals surface area contributed by atoms with Crippen LogP contribution in [-0.4, -0.2) is 19.1 Å². The minimum absolute atomic E-state index is 0.123. The molecule has 0 aliphatic heterocycles. The second kappa shape index (κ2) is 6.05. The molecule has 1 N–H and O–H groups in total. The van der Waals surface area contributed by atoms with Gasteiger partial charge in [0.15, 0.2) is 6.10 Å². The molecule has 0 radical (unpaired) electrons. The second-order valence-electron chi connectivity index (χ2n) is 4.21. The molecular formula is C13H18BrNO2. The predicted octanol–water partition coefficient (Wildman–Crippen LogP) is 3.09. The van der Waals surface area contributed by atoms with E-state index < -0.39 is 6.10 Å². The van der Waals surface area contributed by atoms with Crippen molar-refractivity contribution in [1.82, 2.24) is 5.32 Å². The van der Waals surface area contributed by atoms with Crippen LogP contribution in [0, 0.1) is 0 Å². The number of likely N-dealkylation sites (N-methyl/N-ethyl adjacent to an activating group) is 1. The zero-order valence-electron chi connectivity index (χ0n) is 10.6. The molecule has 1 aromatic rings. The van der Waals surface area contributed by atoms with Crippen molar-refractivity contribution < 1.29 is 9.53 Å². The van der Waals surface area contributed by atoms with Crippen molar-refractivity contribution in [3.8, 4) is 5.75 Å². The zero-order chi connectivity index (χ0) is 13.0. The van der Waals surface area contributed by atoms with Crippen molar-refractivity contribution in [3.05, 3.63) is 28.2 Å². The summed E-state index contributed by atoms with van der Waals surface area (Å²) in [5.74, 6) is 0.987. The predicted molar refractivity (Wildman–Crippen MR) is 72.4 cm³/mol. The van der Waals surface area contributed by atoms with Gasteiger partial charge in [-0.05, 0) is 36.6 Å². The normalized spacial score (nSPS) is 12.4. The monoisotopic (exact) mass is 299 g/mol. The third-order valence-electron chi connectivity index (χ3n) is 2.51. The van der Waals surface area contributed by atoms with Gasteiger partial charge >= 0.3 is 0 Å². The summed E-state index contributed by atoms with van der Waals surface area (Å²) in [5.41, 5.74) is 1.09. The SMILES string of the molecule is CNC(=O)C(C)Oc1ccc(Br)cc1C(C)C. The standard InChI is InChI=1S/C13H18BrNO2/c1-8(2)11-7-10(14)5-6-12(11)17-9(3)13(16)15-4/h5-9H,1-4H3,(H,15,16). The first-order valence-corrected chi connectivity index (χ1v) is 6.42. The quantitative estimate of drug-likeness (QED) is 0.928. The summed E-state index contributed by atoms with van der Waals surface area (Å²) < 4.78 is 6.70. The first-order chi connectivity index (χ1) is 7.95. The summed E-state index contributed by atoms with van der Waals surface area (Å²) in [6.45, 7) is 5.93. The Bertz CT molecular complexity index is 404. The molecule has 0 bridgehead atoms. The number of amides is 1. The maximum Gasteiger partial charge on any atom is 0.260 e. The molecule has 0 saturated carbocycles. The number of ether oxygens (including phenoxy) is 1. The van der Waals surface area contributed by atoms with Gasteiger partial charge in [-0.1, -0.05) is 29.8 Å². The van der Waals surface area contributed by atoms with Crippen LogP contribution in [-0.2, 0) is 4.79 Å². The number of hydrogen-bond acceptors (Lipinski definition) is 2. The van der Waals surface area contributed by atoms with E-state index in [-0.39, 0.29) is 5.91 Å². The van der Waals surface area contributed by atoms with Crippen LogP contribution in [0.1, 0.15) is 32.3 Å². The molecule has 0 heterocycles. The second-order valence-corrected chi connectivity index (χ2v) is 5.13. The third kappa shape index (κ3) is 3.73. The first kappa shape index (κ1) is 14.0. The van der Waals surface area contributed by atoms with E-state index in [2.05, 4.69) is 35.1 Å². The zero-order valence-corrected chi connectivity index (χ0v) is 12.2. The summed E-state index contributed by atoms with van der Waals surface area (Å²) in [5, 5.41) is 2.57. The number of halogens is 1. The van der Waals surface area contributed by atoms with Crippen molar-refractivity contribution in [2.24, 2.45) is 0 Å². The van der Waals surface area contributed by atoms with Crippen LogP contribution in [0.3, 0.4) is 0 Å². The summed E-state index contributed by atoms with van der Waals surface area (Å²) in [6.07, 6.45) is -0.487. The fourth-order valence-corrected chi connectivity index (χ4v) is 1.90. The molecule has 0 spiro atoms. The number of carbonyl (C=O) groups excluding carboxylic acids is 1. The lowest BCUT2D eigenvalue weighted by Crippen LogP contribution is -2.33. The third-order valence-corrected chi connectivity index (χ3v) is 3.01. The Labute approximate surface area is 111 Å². The molecule has 1 atom stereocenters. The Morgan fingerprint density at radius 3 is 2.53 bits per heavy atom. The minimum Gasteiger partial charge on any atom is -0.481 e. The summed E-state index contributed by atoms with van der Waals surface area (Å²) in [7, 11) is 1.60. The maximum absolute atomic E-state index is 11.4. The molecule has 1 unspecified atom stereocenters. The fourth-order valence-electron chi connectivity index (χ4n) is 1.53. The highest BCUT2D eigenvalue weighted by molar-refractivity contribution is 9.10. The van der Waals surface area contributed by atoms with Gasteiger partial charge in [0.2, 0.25) is 0 Å². The lowest BCUT2D eigenvalue weighted by molar-refractivity contribution is -0.126. The number of carbonyl (C=O) groups is 1. The molecule has 0 aromatic heterocycles. The van der Waals surface area contributed by atoms with Crippen molar-refractivity contribution >= 4 is 21.8 Å². The highest BCUT2D eigenvalue weighted by atomic mass is 79.9. The van der Waals surface area contributed by atoms with Crippen LogP contribution in [0.4, 0.5) is 0 Å². The molecule has 1 aromatic carbocycles. The van der Waals surface area contributed by atoms with E-state index in [9.17, 15) is 4.79 Å². The van der Waals surface area contributed by atoms with Crippen LogP contribution in [0.5, 0.6) is 5.75 Å². The number of rotatable bonds is 4. The molecule has 17 heavy (non-hydrogen) atoms. The highest BCUT2D eigenvalue weighted by Gasteiger charge is 2.16. The Morgan fingerprint density at radius 1 is 1.35 bits per heavy atom. The van der Waals surface area contributed by atoms with Gasteiger partial charge in [0.05, 0.1) is 0 Å². The fraction of sp³-hybridized carbons (Fsp3) is 0.462. The molecule has 0 fully saturated rings. The average molecular weight is 300 g/mol. The van der Waals surface area contributed by atoms with E-state index in [1.807, 2.05) is 18.2 Å². The molecule has 0 saturated heterocycles. The van der Waals surface area contributed by atoms with Crippen molar-refractivity contribution in [1.29, 1.82) is 0 Å². The number of hydrogen-bond donors (Lipinski definition) is 1. The molecule has 0 aliphatic rings. The van der Waals surface area contributed by atoms with E-state index in [0.29, 0.717) is 5.92 Å². The van der Waals surface area contributed by atoms with E-state index in [1.165, 1.54) is 0 Å². The van der Waals surface area contributed by atoms with Crippen LogP contribution in [0.25, 0.3) is 0 Å².